The van der Waals surface area contributed by atoms with Gasteiger partial charge in [-0.15, -0.1) is 0 Å². The zero-order valence-electron chi connectivity index (χ0n) is 14.8. The lowest BCUT2D eigenvalue weighted by Crippen LogP contribution is -2.50. The average molecular weight is 369 g/mol. The maximum Gasteiger partial charge on any atom is 0.308 e. The van der Waals surface area contributed by atoms with Crippen molar-refractivity contribution in [3.05, 3.63) is 40.9 Å². The van der Waals surface area contributed by atoms with E-state index in [9.17, 15) is 19.5 Å². The molecule has 1 N–H and O–H groups in total. The quantitative estimate of drug-likeness (QED) is 0.755. The van der Waals surface area contributed by atoms with Crippen LogP contribution < -0.4 is 5.56 Å². The molecule has 0 aliphatic carbocycles. The van der Waals surface area contributed by atoms with Gasteiger partial charge in [0, 0.05) is 18.0 Å². The Morgan fingerprint density at radius 3 is 2.89 bits per heavy atom. The molecule has 4 rings (SSSR count). The number of amides is 1. The summed E-state index contributed by atoms with van der Waals surface area (Å²) >= 11 is 0. The van der Waals surface area contributed by atoms with Gasteiger partial charge in [-0.1, -0.05) is 12.1 Å². The van der Waals surface area contributed by atoms with E-state index in [1.54, 1.807) is 13.0 Å². The van der Waals surface area contributed by atoms with Crippen LogP contribution in [0.25, 0.3) is 22.1 Å². The van der Waals surface area contributed by atoms with Crippen molar-refractivity contribution in [2.24, 2.45) is 5.92 Å². The van der Waals surface area contributed by atoms with Gasteiger partial charge < -0.3 is 14.4 Å². The lowest BCUT2D eigenvalue weighted by Gasteiger charge is -2.37. The Balaban J connectivity index is 1.64. The molecule has 2 aromatic heterocycles. The number of carbonyl (C=O) groups excluding carboxylic acids is 1. The Morgan fingerprint density at radius 2 is 2.11 bits per heavy atom. The van der Waals surface area contributed by atoms with Gasteiger partial charge in [0.2, 0.25) is 11.5 Å². The molecule has 1 aromatic carbocycles. The lowest BCUT2D eigenvalue weighted by atomic mass is 9.90. The van der Waals surface area contributed by atoms with Crippen LogP contribution in [-0.4, -0.2) is 44.0 Å². The topological polar surface area (TPSA) is 106 Å². The molecule has 8 heteroatoms. The van der Waals surface area contributed by atoms with Crippen molar-refractivity contribution in [1.29, 1.82) is 0 Å². The number of aromatic nitrogens is 2. The number of carboxylic acid groups (broad SMARTS) is 1. The van der Waals surface area contributed by atoms with Crippen molar-refractivity contribution in [3.8, 4) is 0 Å². The van der Waals surface area contributed by atoms with E-state index in [1.165, 1.54) is 15.8 Å². The van der Waals surface area contributed by atoms with Crippen molar-refractivity contribution in [2.75, 3.05) is 6.54 Å². The average Bonchev–Trinajstić information content (AvgIpc) is 3.03. The number of hydrogen-bond acceptors (Lipinski definition) is 5. The number of piperidine rings is 1. The Morgan fingerprint density at radius 1 is 1.33 bits per heavy atom. The predicted octanol–water partition coefficient (Wildman–Crippen LogP) is 1.85. The number of carbonyl (C=O) groups is 2. The number of fused-ring (bicyclic) bond motifs is 3. The molecule has 0 saturated carbocycles. The summed E-state index contributed by atoms with van der Waals surface area (Å²) in [6.07, 6.45) is 2.52. The van der Waals surface area contributed by atoms with Crippen LogP contribution in [0.5, 0.6) is 0 Å². The van der Waals surface area contributed by atoms with Crippen LogP contribution in [0.4, 0.5) is 0 Å². The molecule has 2 atom stereocenters. The van der Waals surface area contributed by atoms with Crippen LogP contribution in [-0.2, 0) is 16.1 Å². The van der Waals surface area contributed by atoms with Crippen LogP contribution in [0.2, 0.25) is 0 Å². The second kappa shape index (κ2) is 6.53. The number of aliphatic carboxylic acids is 1. The van der Waals surface area contributed by atoms with E-state index in [1.807, 2.05) is 18.2 Å². The minimum Gasteiger partial charge on any atom is -0.481 e. The van der Waals surface area contributed by atoms with Gasteiger partial charge in [-0.2, -0.15) is 0 Å². The molecule has 0 bridgehead atoms. The normalized spacial score (nSPS) is 20.3. The first-order valence-corrected chi connectivity index (χ1v) is 8.86. The maximum atomic E-state index is 12.7. The maximum absolute atomic E-state index is 12.7. The molecule has 8 nitrogen and oxygen atoms in total. The number of likely N-dealkylation sites (tertiary alicyclic amines) is 1. The first-order chi connectivity index (χ1) is 13.0. The highest BCUT2D eigenvalue weighted by Crippen LogP contribution is 2.25. The summed E-state index contributed by atoms with van der Waals surface area (Å²) in [5.74, 6) is -1.79. The second-order valence-electron chi connectivity index (χ2n) is 6.87. The number of rotatable bonds is 3. The molecule has 1 aliphatic heterocycles. The molecular formula is C19H19N3O5. The Labute approximate surface area is 154 Å². The number of benzene rings is 1. The Kier molecular flexibility index (Phi) is 4.18. The summed E-state index contributed by atoms with van der Waals surface area (Å²) in [7, 11) is 0. The third-order valence-corrected chi connectivity index (χ3v) is 5.28. The number of hydrogen-bond donors (Lipinski definition) is 1. The van der Waals surface area contributed by atoms with Crippen molar-refractivity contribution in [1.82, 2.24) is 14.5 Å². The molecule has 1 amide bonds. The molecule has 3 heterocycles. The van der Waals surface area contributed by atoms with Crippen molar-refractivity contribution in [3.63, 3.8) is 0 Å². The van der Waals surface area contributed by atoms with Crippen LogP contribution in [0.3, 0.4) is 0 Å². The van der Waals surface area contributed by atoms with Gasteiger partial charge in [0.15, 0.2) is 0 Å². The molecule has 140 valence electrons. The van der Waals surface area contributed by atoms with Crippen molar-refractivity contribution < 1.29 is 19.1 Å². The Hall–Kier alpha value is -3.16. The largest absolute Gasteiger partial charge is 0.481 e. The zero-order chi connectivity index (χ0) is 19.1. The molecule has 1 saturated heterocycles. The SMILES string of the molecule is C[C@@H]1[C@H](C(=O)O)CCCN1C(=O)Cn1cnc2c(oc3ccccc32)c1=O. The highest BCUT2D eigenvalue weighted by Gasteiger charge is 2.35. The van der Waals surface area contributed by atoms with E-state index >= 15 is 0 Å². The predicted molar refractivity (Wildman–Crippen MR) is 97.3 cm³/mol. The molecule has 0 radical (unpaired) electrons. The molecule has 27 heavy (non-hydrogen) atoms. The number of nitrogens with zero attached hydrogens (tertiary/aromatic N) is 3. The minimum atomic E-state index is -0.900. The third kappa shape index (κ3) is 2.87. The molecule has 3 aromatic rings. The van der Waals surface area contributed by atoms with E-state index in [0.717, 1.165) is 5.39 Å². The zero-order valence-corrected chi connectivity index (χ0v) is 14.8. The van der Waals surface area contributed by atoms with Gasteiger partial charge in [-0.25, -0.2) is 4.98 Å². The summed E-state index contributed by atoms with van der Waals surface area (Å²) in [6, 6.07) is 6.81. The van der Waals surface area contributed by atoms with Gasteiger partial charge in [0.1, 0.15) is 17.6 Å². The van der Waals surface area contributed by atoms with E-state index in [-0.39, 0.29) is 18.0 Å². The molecule has 1 fully saturated rings. The van der Waals surface area contributed by atoms with Gasteiger partial charge in [0.05, 0.1) is 12.2 Å². The highest BCUT2D eigenvalue weighted by molar-refractivity contribution is 6.01. The number of para-hydroxylation sites is 1. The summed E-state index contributed by atoms with van der Waals surface area (Å²) in [6.45, 7) is 2.02. The first kappa shape index (κ1) is 17.3. The summed E-state index contributed by atoms with van der Waals surface area (Å²) < 4.78 is 6.83. The monoisotopic (exact) mass is 369 g/mol. The van der Waals surface area contributed by atoms with Gasteiger partial charge in [0.25, 0.3) is 5.56 Å². The number of furan rings is 1. The van der Waals surface area contributed by atoms with Crippen LogP contribution in [0.1, 0.15) is 19.8 Å². The van der Waals surface area contributed by atoms with E-state index in [4.69, 9.17) is 4.42 Å². The fourth-order valence-corrected chi connectivity index (χ4v) is 3.79. The van der Waals surface area contributed by atoms with Crippen LogP contribution in [0.15, 0.2) is 39.8 Å². The fourth-order valence-electron chi connectivity index (χ4n) is 3.79. The smallest absolute Gasteiger partial charge is 0.308 e. The van der Waals surface area contributed by atoms with Gasteiger partial charge in [-0.3, -0.25) is 19.0 Å². The highest BCUT2D eigenvalue weighted by atomic mass is 16.4. The third-order valence-electron chi connectivity index (χ3n) is 5.28. The lowest BCUT2D eigenvalue weighted by molar-refractivity contribution is -0.149. The molecule has 0 unspecified atom stereocenters. The first-order valence-electron chi connectivity index (χ1n) is 8.86. The molecular weight excluding hydrogens is 350 g/mol. The standard InChI is InChI=1S/C19H19N3O5/c1-11-12(19(25)26)6-4-8-22(11)15(23)9-21-10-20-16-13-5-2-3-7-14(13)27-17(16)18(21)24/h2-3,5,7,10-12H,4,6,8-9H2,1H3,(H,25,26)/t11-,12-/m1/s1. The number of carboxylic acids is 1. The van der Waals surface area contributed by atoms with E-state index < -0.39 is 23.5 Å². The van der Waals surface area contributed by atoms with Crippen molar-refractivity contribution in [2.45, 2.75) is 32.4 Å². The second-order valence-corrected chi connectivity index (χ2v) is 6.87. The Bertz CT molecular complexity index is 1100. The van der Waals surface area contributed by atoms with Gasteiger partial charge in [-0.05, 0) is 31.9 Å². The van der Waals surface area contributed by atoms with E-state index in [0.29, 0.717) is 30.5 Å². The molecule has 0 spiro atoms. The van der Waals surface area contributed by atoms with Gasteiger partial charge >= 0.3 is 5.97 Å². The van der Waals surface area contributed by atoms with Crippen molar-refractivity contribution >= 4 is 33.9 Å². The van der Waals surface area contributed by atoms with Crippen LogP contribution >= 0.6 is 0 Å². The van der Waals surface area contributed by atoms with Crippen LogP contribution in [0, 0.1) is 5.92 Å². The molecule has 1 aliphatic rings. The fraction of sp³-hybridized carbons (Fsp3) is 0.368. The van der Waals surface area contributed by atoms with E-state index in [2.05, 4.69) is 4.98 Å². The summed E-state index contributed by atoms with van der Waals surface area (Å²) in [5.41, 5.74) is 0.720. The summed E-state index contributed by atoms with van der Waals surface area (Å²) in [4.78, 5) is 42.7. The summed E-state index contributed by atoms with van der Waals surface area (Å²) in [5, 5.41) is 10.1. The minimum absolute atomic E-state index is 0.113.